The van der Waals surface area contributed by atoms with Crippen LogP contribution in [0.15, 0.2) is 53.0 Å². The Kier molecular flexibility index (Phi) is 5.28. The molecule has 1 aliphatic rings. The molecule has 0 saturated carbocycles. The highest BCUT2D eigenvalue weighted by Gasteiger charge is 2.29. The Morgan fingerprint density at radius 2 is 1.82 bits per heavy atom. The lowest BCUT2D eigenvalue weighted by Gasteiger charge is -2.32. The molecule has 4 rings (SSSR count). The minimum atomic E-state index is -0.141. The van der Waals surface area contributed by atoms with Gasteiger partial charge in [-0.25, -0.2) is 4.68 Å². The Morgan fingerprint density at radius 3 is 2.54 bits per heavy atom. The summed E-state index contributed by atoms with van der Waals surface area (Å²) in [6.07, 6.45) is -0.141. The average molecular weight is 441 g/mol. The van der Waals surface area contributed by atoms with E-state index in [2.05, 4.69) is 26.2 Å². The van der Waals surface area contributed by atoms with E-state index in [1.54, 1.807) is 9.58 Å². The first-order valence-corrected chi connectivity index (χ1v) is 9.98. The number of carbonyl (C=O) groups excluding carboxylic acids is 1. The second-order valence-electron chi connectivity index (χ2n) is 6.93. The topological polar surface area (TPSA) is 60.2 Å². The summed E-state index contributed by atoms with van der Waals surface area (Å²) in [7, 11) is 0. The Hall–Kier alpha value is -2.51. The van der Waals surface area contributed by atoms with Gasteiger partial charge in [-0.15, -0.1) is 5.10 Å². The van der Waals surface area contributed by atoms with Crippen LogP contribution >= 0.6 is 15.9 Å². The number of halogens is 1. The predicted octanol–water partition coefficient (Wildman–Crippen LogP) is 3.86. The summed E-state index contributed by atoms with van der Waals surface area (Å²) < 4.78 is 8.61. The summed E-state index contributed by atoms with van der Waals surface area (Å²) in [5.41, 5.74) is 4.24. The monoisotopic (exact) mass is 440 g/mol. The average Bonchev–Trinajstić information content (AvgIpc) is 3.10. The van der Waals surface area contributed by atoms with Gasteiger partial charge in [0.1, 0.15) is 6.10 Å². The highest BCUT2D eigenvalue weighted by molar-refractivity contribution is 9.10. The van der Waals surface area contributed by atoms with Crippen molar-refractivity contribution in [1.29, 1.82) is 0 Å². The van der Waals surface area contributed by atoms with Crippen molar-refractivity contribution < 1.29 is 9.53 Å². The summed E-state index contributed by atoms with van der Waals surface area (Å²) in [5, 5.41) is 8.37. The minimum absolute atomic E-state index is 0.110. The molecule has 1 atom stereocenters. The third kappa shape index (κ3) is 3.72. The van der Waals surface area contributed by atoms with E-state index in [1.165, 1.54) is 5.56 Å². The van der Waals surface area contributed by atoms with Gasteiger partial charge in [-0.1, -0.05) is 51.0 Å². The van der Waals surface area contributed by atoms with Gasteiger partial charge in [-0.05, 0) is 43.7 Å². The van der Waals surface area contributed by atoms with Crippen LogP contribution in [0.25, 0.3) is 5.69 Å². The van der Waals surface area contributed by atoms with Crippen molar-refractivity contribution in [1.82, 2.24) is 19.9 Å². The number of rotatable bonds is 3. The van der Waals surface area contributed by atoms with Gasteiger partial charge in [0.25, 0.3) is 5.91 Å². The van der Waals surface area contributed by atoms with Crippen molar-refractivity contribution in [3.05, 3.63) is 75.5 Å². The summed E-state index contributed by atoms with van der Waals surface area (Å²) in [4.78, 5) is 14.9. The molecule has 0 aliphatic carbocycles. The molecule has 0 radical (unpaired) electrons. The van der Waals surface area contributed by atoms with Crippen molar-refractivity contribution in [3.8, 4) is 5.69 Å². The lowest BCUT2D eigenvalue weighted by Crippen LogP contribution is -2.42. The lowest BCUT2D eigenvalue weighted by molar-refractivity contribution is -0.0230. The van der Waals surface area contributed by atoms with Crippen LogP contribution < -0.4 is 0 Å². The highest BCUT2D eigenvalue weighted by atomic mass is 79.9. The second kappa shape index (κ2) is 7.85. The SMILES string of the molecule is Cc1ccc(-n2nnc(C(=O)N3CCO[C@H](c4ccc(Br)cc4)C3)c2C)cc1. The number of hydrogen-bond donors (Lipinski definition) is 0. The van der Waals surface area contributed by atoms with Crippen LogP contribution in [0.4, 0.5) is 0 Å². The van der Waals surface area contributed by atoms with Gasteiger partial charge >= 0.3 is 0 Å². The zero-order valence-corrected chi connectivity index (χ0v) is 17.4. The molecular formula is C21H21BrN4O2. The predicted molar refractivity (Wildman–Crippen MR) is 110 cm³/mol. The van der Waals surface area contributed by atoms with Crippen LogP contribution in [0.5, 0.6) is 0 Å². The maximum absolute atomic E-state index is 13.1. The number of nitrogens with zero attached hydrogens (tertiary/aromatic N) is 4. The largest absolute Gasteiger partial charge is 0.370 e. The summed E-state index contributed by atoms with van der Waals surface area (Å²) >= 11 is 3.45. The normalized spacial score (nSPS) is 17.0. The molecule has 2 aromatic carbocycles. The van der Waals surface area contributed by atoms with E-state index in [-0.39, 0.29) is 12.0 Å². The number of carbonyl (C=O) groups is 1. The van der Waals surface area contributed by atoms with Gasteiger partial charge in [0.2, 0.25) is 0 Å². The van der Waals surface area contributed by atoms with E-state index >= 15 is 0 Å². The fourth-order valence-corrected chi connectivity index (χ4v) is 3.58. The Balaban J connectivity index is 1.54. The summed E-state index contributed by atoms with van der Waals surface area (Å²) in [6.45, 7) is 5.45. The second-order valence-corrected chi connectivity index (χ2v) is 7.85. The van der Waals surface area contributed by atoms with Crippen LogP contribution in [-0.4, -0.2) is 45.5 Å². The first-order chi connectivity index (χ1) is 13.5. The Bertz CT molecular complexity index is 983. The van der Waals surface area contributed by atoms with E-state index < -0.39 is 0 Å². The van der Waals surface area contributed by atoms with Crippen LogP contribution in [0.3, 0.4) is 0 Å². The van der Waals surface area contributed by atoms with Gasteiger partial charge in [-0.3, -0.25) is 4.79 Å². The zero-order valence-electron chi connectivity index (χ0n) is 15.8. The number of hydrogen-bond acceptors (Lipinski definition) is 4. The van der Waals surface area contributed by atoms with Gasteiger partial charge in [-0.2, -0.15) is 0 Å². The van der Waals surface area contributed by atoms with Crippen LogP contribution in [0.2, 0.25) is 0 Å². The third-order valence-corrected chi connectivity index (χ3v) is 5.50. The molecule has 2 heterocycles. The van der Waals surface area contributed by atoms with Crippen LogP contribution in [0, 0.1) is 13.8 Å². The molecule has 1 aliphatic heterocycles. The fraction of sp³-hybridized carbons (Fsp3) is 0.286. The van der Waals surface area contributed by atoms with E-state index in [0.717, 1.165) is 21.4 Å². The quantitative estimate of drug-likeness (QED) is 0.620. The summed E-state index contributed by atoms with van der Waals surface area (Å²) in [6, 6.07) is 16.0. The smallest absolute Gasteiger partial charge is 0.276 e. The molecule has 1 fully saturated rings. The maximum atomic E-state index is 13.1. The molecule has 0 bridgehead atoms. The van der Waals surface area contributed by atoms with Crippen molar-refractivity contribution in [2.45, 2.75) is 20.0 Å². The maximum Gasteiger partial charge on any atom is 0.276 e. The molecule has 28 heavy (non-hydrogen) atoms. The first kappa shape index (κ1) is 18.8. The third-order valence-electron chi connectivity index (χ3n) is 4.97. The van der Waals surface area contributed by atoms with E-state index in [1.807, 2.05) is 62.4 Å². The molecule has 144 valence electrons. The van der Waals surface area contributed by atoms with Crippen molar-refractivity contribution in [2.24, 2.45) is 0 Å². The minimum Gasteiger partial charge on any atom is -0.370 e. The van der Waals surface area contributed by atoms with Crippen LogP contribution in [0.1, 0.15) is 33.4 Å². The number of amides is 1. The van der Waals surface area contributed by atoms with E-state index in [9.17, 15) is 4.79 Å². The molecular weight excluding hydrogens is 420 g/mol. The lowest BCUT2D eigenvalue weighted by atomic mass is 10.1. The molecule has 6 nitrogen and oxygen atoms in total. The molecule has 0 N–H and O–H groups in total. The standard InChI is InChI=1S/C21H21BrN4O2/c1-14-3-9-18(10-4-14)26-15(2)20(23-24-26)21(27)25-11-12-28-19(13-25)16-5-7-17(22)8-6-16/h3-10,19H,11-13H2,1-2H3/t19-/m0/s1. The van der Waals surface area contributed by atoms with Gasteiger partial charge in [0, 0.05) is 11.0 Å². The molecule has 0 spiro atoms. The Morgan fingerprint density at radius 1 is 1.11 bits per heavy atom. The fourth-order valence-electron chi connectivity index (χ4n) is 3.32. The van der Waals surface area contributed by atoms with Crippen LogP contribution in [-0.2, 0) is 4.74 Å². The number of ether oxygens (including phenoxy) is 1. The Labute approximate surface area is 172 Å². The number of benzene rings is 2. The van der Waals surface area contributed by atoms with Gasteiger partial charge in [0.05, 0.1) is 24.5 Å². The van der Waals surface area contributed by atoms with Gasteiger partial charge in [0.15, 0.2) is 5.69 Å². The van der Waals surface area contributed by atoms with Gasteiger partial charge < -0.3 is 9.64 Å². The first-order valence-electron chi connectivity index (χ1n) is 9.18. The highest BCUT2D eigenvalue weighted by Crippen LogP contribution is 2.25. The van der Waals surface area contributed by atoms with Crippen molar-refractivity contribution >= 4 is 21.8 Å². The van der Waals surface area contributed by atoms with Crippen molar-refractivity contribution in [2.75, 3.05) is 19.7 Å². The molecule has 3 aromatic rings. The van der Waals surface area contributed by atoms with E-state index in [0.29, 0.717) is 25.4 Å². The summed E-state index contributed by atoms with van der Waals surface area (Å²) in [5.74, 6) is -0.110. The van der Waals surface area contributed by atoms with Crippen molar-refractivity contribution in [3.63, 3.8) is 0 Å². The molecule has 1 amide bonds. The number of aryl methyl sites for hydroxylation is 1. The van der Waals surface area contributed by atoms with E-state index in [4.69, 9.17) is 4.74 Å². The zero-order chi connectivity index (χ0) is 19.7. The number of aromatic nitrogens is 3. The number of morpholine rings is 1. The molecule has 7 heteroatoms. The molecule has 1 saturated heterocycles. The molecule has 1 aromatic heterocycles. The molecule has 0 unspecified atom stereocenters.